The van der Waals surface area contributed by atoms with E-state index >= 15 is 0 Å². The molecule has 1 aromatic carbocycles. The minimum Gasteiger partial charge on any atom is -0.495 e. The van der Waals surface area contributed by atoms with Gasteiger partial charge in [0.25, 0.3) is 5.91 Å². The van der Waals surface area contributed by atoms with Gasteiger partial charge in [0.1, 0.15) is 10.6 Å². The van der Waals surface area contributed by atoms with Crippen molar-refractivity contribution in [1.82, 2.24) is 14.8 Å². The summed E-state index contributed by atoms with van der Waals surface area (Å²) in [7, 11) is -2.33. The number of hydrogen-bond donors (Lipinski definition) is 1. The fraction of sp³-hybridized carbons (Fsp3) is 0.474. The number of nitrogens with zero attached hydrogens (tertiary/aromatic N) is 2. The second-order valence-electron chi connectivity index (χ2n) is 6.80. The zero-order chi connectivity index (χ0) is 20.1. The molecule has 0 saturated carbocycles. The minimum absolute atomic E-state index is 0.0139. The number of nitrogens with one attached hydrogen (secondary N) is 1. The van der Waals surface area contributed by atoms with Gasteiger partial charge in [0, 0.05) is 24.7 Å². The third kappa shape index (κ3) is 4.53. The smallest absolute Gasteiger partial charge is 0.251 e. The summed E-state index contributed by atoms with van der Waals surface area (Å²) in [6.07, 6.45) is 3.70. The molecular weight excluding hydrogens is 382 g/mol. The molecule has 0 atom stereocenters. The molecule has 2 aromatic rings. The Balaban J connectivity index is 1.83. The molecule has 1 aromatic heterocycles. The Morgan fingerprint density at radius 1 is 1.21 bits per heavy atom. The van der Waals surface area contributed by atoms with Gasteiger partial charge < -0.3 is 14.6 Å². The average Bonchev–Trinajstić information content (AvgIpc) is 2.93. The molecule has 28 heavy (non-hydrogen) atoms. The second kappa shape index (κ2) is 8.74. The number of aromatic nitrogens is 1. The highest BCUT2D eigenvalue weighted by Gasteiger charge is 2.29. The van der Waals surface area contributed by atoms with Crippen molar-refractivity contribution in [3.05, 3.63) is 41.3 Å². The Morgan fingerprint density at radius 3 is 2.54 bits per heavy atom. The van der Waals surface area contributed by atoms with Crippen LogP contribution in [-0.2, 0) is 16.6 Å². The lowest BCUT2D eigenvalue weighted by Gasteiger charge is -2.21. The Bertz CT molecular complexity index is 931. The van der Waals surface area contributed by atoms with Crippen LogP contribution in [0.5, 0.6) is 5.75 Å². The molecule has 2 heterocycles. The van der Waals surface area contributed by atoms with Crippen molar-refractivity contribution in [2.24, 2.45) is 0 Å². The van der Waals surface area contributed by atoms with E-state index in [0.29, 0.717) is 18.8 Å². The molecule has 0 aliphatic carbocycles. The van der Waals surface area contributed by atoms with Crippen molar-refractivity contribution in [1.29, 1.82) is 0 Å². The fourth-order valence-electron chi connectivity index (χ4n) is 3.21. The highest BCUT2D eigenvalue weighted by molar-refractivity contribution is 7.89. The van der Waals surface area contributed by atoms with Gasteiger partial charge in [-0.1, -0.05) is 18.0 Å². The summed E-state index contributed by atoms with van der Waals surface area (Å²) in [6, 6.07) is 6.16. The predicted molar refractivity (Wildman–Crippen MR) is 103 cm³/mol. The molecule has 0 unspecified atom stereocenters. The molecule has 9 heteroatoms. The van der Waals surface area contributed by atoms with Gasteiger partial charge in [0.15, 0.2) is 5.76 Å². The van der Waals surface area contributed by atoms with E-state index in [9.17, 15) is 13.2 Å². The highest BCUT2D eigenvalue weighted by Crippen LogP contribution is 2.29. The van der Waals surface area contributed by atoms with Crippen molar-refractivity contribution >= 4 is 15.9 Å². The minimum atomic E-state index is -3.75. The van der Waals surface area contributed by atoms with Crippen LogP contribution in [0, 0.1) is 6.92 Å². The Hall–Kier alpha value is -2.39. The number of benzene rings is 1. The molecule has 1 aliphatic rings. The van der Waals surface area contributed by atoms with Gasteiger partial charge >= 0.3 is 0 Å². The van der Waals surface area contributed by atoms with E-state index < -0.39 is 15.9 Å². The number of ether oxygens (including phenoxy) is 1. The van der Waals surface area contributed by atoms with Gasteiger partial charge in [0.05, 0.1) is 19.3 Å². The topological polar surface area (TPSA) is 102 Å². The first-order valence-corrected chi connectivity index (χ1v) is 10.7. The number of sulfonamides is 1. The quantitative estimate of drug-likeness (QED) is 0.789. The van der Waals surface area contributed by atoms with Gasteiger partial charge in [-0.15, -0.1) is 0 Å². The SMILES string of the molecule is COc1ccc(C(=O)NCc2cc(C)no2)cc1S(=O)(=O)N1CCCCCC1. The van der Waals surface area contributed by atoms with Crippen LogP contribution in [0.25, 0.3) is 0 Å². The molecule has 0 bridgehead atoms. The third-order valence-corrected chi connectivity index (χ3v) is 6.63. The summed E-state index contributed by atoms with van der Waals surface area (Å²) >= 11 is 0. The van der Waals surface area contributed by atoms with Crippen LogP contribution < -0.4 is 10.1 Å². The van der Waals surface area contributed by atoms with Gasteiger partial charge in [-0.3, -0.25) is 4.79 Å². The molecule has 3 rings (SSSR count). The van der Waals surface area contributed by atoms with Crippen molar-refractivity contribution in [2.45, 2.75) is 44.0 Å². The largest absolute Gasteiger partial charge is 0.495 e. The van der Waals surface area contributed by atoms with Crippen LogP contribution in [-0.4, -0.2) is 44.0 Å². The maximum atomic E-state index is 13.2. The number of rotatable bonds is 6. The lowest BCUT2D eigenvalue weighted by Crippen LogP contribution is -2.32. The number of carbonyl (C=O) groups is 1. The summed E-state index contributed by atoms with van der Waals surface area (Å²) < 4.78 is 38.1. The number of amides is 1. The summed E-state index contributed by atoms with van der Waals surface area (Å²) in [6.45, 7) is 2.91. The van der Waals surface area contributed by atoms with Crippen LogP contribution >= 0.6 is 0 Å². The first-order chi connectivity index (χ1) is 13.4. The predicted octanol–water partition coefficient (Wildman–Crippen LogP) is 2.49. The highest BCUT2D eigenvalue weighted by atomic mass is 32.2. The van der Waals surface area contributed by atoms with Crippen LogP contribution in [0.1, 0.15) is 47.5 Å². The second-order valence-corrected chi connectivity index (χ2v) is 8.71. The normalized spacial score (nSPS) is 15.8. The van der Waals surface area contributed by atoms with E-state index in [-0.39, 0.29) is 22.8 Å². The van der Waals surface area contributed by atoms with Gasteiger partial charge in [-0.05, 0) is 38.0 Å². The first kappa shape index (κ1) is 20.3. The molecule has 152 valence electrons. The van der Waals surface area contributed by atoms with Gasteiger partial charge in [0.2, 0.25) is 10.0 Å². The van der Waals surface area contributed by atoms with E-state index in [4.69, 9.17) is 9.26 Å². The summed E-state index contributed by atoms with van der Waals surface area (Å²) in [5.74, 6) is 0.354. The van der Waals surface area contributed by atoms with E-state index in [1.165, 1.54) is 23.5 Å². The maximum absolute atomic E-state index is 13.2. The average molecular weight is 407 g/mol. The van der Waals surface area contributed by atoms with E-state index in [0.717, 1.165) is 31.4 Å². The number of hydrogen-bond acceptors (Lipinski definition) is 6. The number of carbonyl (C=O) groups excluding carboxylic acids is 1. The molecule has 1 aliphatic heterocycles. The Morgan fingerprint density at radius 2 is 1.93 bits per heavy atom. The summed E-state index contributed by atoms with van der Waals surface area (Å²) in [4.78, 5) is 12.5. The van der Waals surface area contributed by atoms with Crippen LogP contribution in [0.2, 0.25) is 0 Å². The van der Waals surface area contributed by atoms with Crippen molar-refractivity contribution in [2.75, 3.05) is 20.2 Å². The monoisotopic (exact) mass is 407 g/mol. The molecule has 0 radical (unpaired) electrons. The zero-order valence-corrected chi connectivity index (χ0v) is 16.9. The van der Waals surface area contributed by atoms with Gasteiger partial charge in [-0.2, -0.15) is 4.31 Å². The molecule has 8 nitrogen and oxygen atoms in total. The number of methoxy groups -OCH3 is 1. The van der Waals surface area contributed by atoms with Crippen molar-refractivity contribution in [3.63, 3.8) is 0 Å². The van der Waals surface area contributed by atoms with Crippen LogP contribution in [0.15, 0.2) is 33.7 Å². The molecule has 1 fully saturated rings. The van der Waals surface area contributed by atoms with Crippen molar-refractivity contribution in [3.8, 4) is 5.75 Å². The first-order valence-electron chi connectivity index (χ1n) is 9.30. The molecule has 0 spiro atoms. The fourth-order valence-corrected chi connectivity index (χ4v) is 4.91. The van der Waals surface area contributed by atoms with E-state index in [2.05, 4.69) is 10.5 Å². The van der Waals surface area contributed by atoms with Crippen LogP contribution in [0.4, 0.5) is 0 Å². The third-order valence-electron chi connectivity index (χ3n) is 4.71. The standard InChI is InChI=1S/C19H25N3O5S/c1-14-11-16(27-21-14)13-20-19(23)15-7-8-17(26-2)18(12-15)28(24,25)22-9-5-3-4-6-10-22/h7-8,11-12H,3-6,9-10,13H2,1-2H3,(H,20,23). The van der Waals surface area contributed by atoms with Crippen molar-refractivity contribution < 1.29 is 22.5 Å². The Labute approximate surface area is 164 Å². The number of aryl methyl sites for hydroxylation is 1. The molecule has 1 N–H and O–H groups in total. The lowest BCUT2D eigenvalue weighted by atomic mass is 10.2. The summed E-state index contributed by atoms with van der Waals surface area (Å²) in [5, 5.41) is 6.48. The molecule has 1 amide bonds. The zero-order valence-electron chi connectivity index (χ0n) is 16.1. The molecule has 1 saturated heterocycles. The lowest BCUT2D eigenvalue weighted by molar-refractivity contribution is 0.0947. The molecular formula is C19H25N3O5S. The van der Waals surface area contributed by atoms with E-state index in [1.807, 2.05) is 0 Å². The van der Waals surface area contributed by atoms with Gasteiger partial charge in [-0.25, -0.2) is 8.42 Å². The summed E-state index contributed by atoms with van der Waals surface area (Å²) in [5.41, 5.74) is 0.963. The Kier molecular flexibility index (Phi) is 6.35. The van der Waals surface area contributed by atoms with Crippen LogP contribution in [0.3, 0.4) is 0 Å². The maximum Gasteiger partial charge on any atom is 0.251 e. The van der Waals surface area contributed by atoms with E-state index in [1.54, 1.807) is 19.1 Å².